The standard InChI is InChI=1S/C15H21N3O5/c1-17-13(16)12(14(21)18(2)15(17)22)10(19)8-23-11(20)7-9-5-3-4-6-9/h9H,3-8,16H2,1-2H3. The molecule has 0 unspecified atom stereocenters. The fraction of sp³-hybridized carbons (Fsp3) is 0.600. The summed E-state index contributed by atoms with van der Waals surface area (Å²) >= 11 is 0. The molecule has 2 rings (SSSR count). The predicted octanol–water partition coefficient (Wildman–Crippen LogP) is -0.0276. The number of anilines is 1. The molecule has 0 aliphatic heterocycles. The van der Waals surface area contributed by atoms with Crippen molar-refractivity contribution < 1.29 is 14.3 Å². The summed E-state index contributed by atoms with van der Waals surface area (Å²) in [7, 11) is 2.62. The van der Waals surface area contributed by atoms with Gasteiger partial charge in [0.15, 0.2) is 6.61 Å². The number of nitrogen functional groups attached to an aromatic ring is 1. The lowest BCUT2D eigenvalue weighted by atomic mass is 10.0. The van der Waals surface area contributed by atoms with E-state index in [2.05, 4.69) is 0 Å². The summed E-state index contributed by atoms with van der Waals surface area (Å²) in [4.78, 5) is 47.6. The first-order chi connectivity index (χ1) is 10.8. The van der Waals surface area contributed by atoms with E-state index in [0.29, 0.717) is 5.92 Å². The molecule has 0 spiro atoms. The molecular weight excluding hydrogens is 302 g/mol. The number of nitrogens with two attached hydrogens (primary N) is 1. The number of carbonyl (C=O) groups is 2. The molecule has 8 heteroatoms. The number of ketones is 1. The van der Waals surface area contributed by atoms with Gasteiger partial charge in [0.25, 0.3) is 5.56 Å². The van der Waals surface area contributed by atoms with Crippen LogP contribution in [0.15, 0.2) is 9.59 Å². The summed E-state index contributed by atoms with van der Waals surface area (Å²) < 4.78 is 6.77. The Morgan fingerprint density at radius 3 is 2.39 bits per heavy atom. The number of esters is 1. The van der Waals surface area contributed by atoms with Gasteiger partial charge in [-0.1, -0.05) is 12.8 Å². The maximum Gasteiger partial charge on any atom is 0.332 e. The highest BCUT2D eigenvalue weighted by Crippen LogP contribution is 2.27. The summed E-state index contributed by atoms with van der Waals surface area (Å²) in [5, 5.41) is 0. The van der Waals surface area contributed by atoms with Crippen LogP contribution in [-0.4, -0.2) is 27.5 Å². The van der Waals surface area contributed by atoms with E-state index in [1.165, 1.54) is 14.1 Å². The van der Waals surface area contributed by atoms with E-state index >= 15 is 0 Å². The Balaban J connectivity index is 2.08. The Bertz CT molecular complexity index is 741. The molecule has 1 aliphatic carbocycles. The van der Waals surface area contributed by atoms with E-state index in [1.807, 2.05) is 0 Å². The fourth-order valence-electron chi connectivity index (χ4n) is 2.85. The van der Waals surface area contributed by atoms with E-state index in [4.69, 9.17) is 10.5 Å². The van der Waals surface area contributed by atoms with Gasteiger partial charge in [-0.15, -0.1) is 0 Å². The molecule has 1 aliphatic rings. The molecule has 1 fully saturated rings. The van der Waals surface area contributed by atoms with E-state index in [1.54, 1.807) is 0 Å². The average molecular weight is 323 g/mol. The molecule has 0 saturated heterocycles. The Hall–Kier alpha value is -2.38. The molecule has 126 valence electrons. The zero-order chi connectivity index (χ0) is 17.1. The van der Waals surface area contributed by atoms with Gasteiger partial charge in [0.05, 0.1) is 0 Å². The van der Waals surface area contributed by atoms with Crippen LogP contribution in [0.2, 0.25) is 0 Å². The van der Waals surface area contributed by atoms with Crippen molar-refractivity contribution in [3.05, 3.63) is 26.4 Å². The molecular formula is C15H21N3O5. The second-order valence-electron chi connectivity index (χ2n) is 5.90. The predicted molar refractivity (Wildman–Crippen MR) is 83.2 cm³/mol. The molecule has 0 aromatic carbocycles. The molecule has 0 amide bonds. The van der Waals surface area contributed by atoms with Crippen LogP contribution in [0.3, 0.4) is 0 Å². The summed E-state index contributed by atoms with van der Waals surface area (Å²) in [6.07, 6.45) is 4.51. The minimum absolute atomic E-state index is 0.227. The molecule has 0 bridgehead atoms. The van der Waals surface area contributed by atoms with Gasteiger partial charge in [0.1, 0.15) is 11.4 Å². The van der Waals surface area contributed by atoms with Crippen molar-refractivity contribution in [1.82, 2.24) is 9.13 Å². The first kappa shape index (κ1) is 17.0. The Morgan fingerprint density at radius 1 is 1.17 bits per heavy atom. The number of rotatable bonds is 5. The van der Waals surface area contributed by atoms with Crippen molar-refractivity contribution in [2.45, 2.75) is 32.1 Å². The van der Waals surface area contributed by atoms with Gasteiger partial charge in [0, 0.05) is 20.5 Å². The molecule has 1 aromatic heterocycles. The topological polar surface area (TPSA) is 113 Å². The minimum atomic E-state index is -0.789. The van der Waals surface area contributed by atoms with Crippen molar-refractivity contribution in [2.75, 3.05) is 12.3 Å². The van der Waals surface area contributed by atoms with Crippen LogP contribution in [0.1, 0.15) is 42.5 Å². The summed E-state index contributed by atoms with van der Waals surface area (Å²) in [5.74, 6) is -1.08. The molecule has 23 heavy (non-hydrogen) atoms. The van der Waals surface area contributed by atoms with Gasteiger partial charge in [-0.25, -0.2) is 4.79 Å². The second kappa shape index (κ2) is 6.80. The van der Waals surface area contributed by atoms with Crippen LogP contribution in [-0.2, 0) is 23.6 Å². The molecule has 2 N–H and O–H groups in total. The molecule has 8 nitrogen and oxygen atoms in total. The van der Waals surface area contributed by atoms with Crippen LogP contribution in [0.4, 0.5) is 5.82 Å². The van der Waals surface area contributed by atoms with Gasteiger partial charge < -0.3 is 10.5 Å². The van der Waals surface area contributed by atoms with E-state index in [9.17, 15) is 19.2 Å². The molecule has 1 saturated carbocycles. The SMILES string of the molecule is Cn1c(N)c(C(=O)COC(=O)CC2CCCC2)c(=O)n(C)c1=O. The number of ether oxygens (including phenoxy) is 1. The Kier molecular flexibility index (Phi) is 5.02. The van der Waals surface area contributed by atoms with Gasteiger partial charge in [-0.05, 0) is 18.8 Å². The van der Waals surface area contributed by atoms with E-state index < -0.39 is 29.6 Å². The van der Waals surface area contributed by atoms with Crippen molar-refractivity contribution in [3.63, 3.8) is 0 Å². The lowest BCUT2D eigenvalue weighted by Crippen LogP contribution is -2.42. The molecule has 1 heterocycles. The van der Waals surface area contributed by atoms with Crippen LogP contribution >= 0.6 is 0 Å². The zero-order valence-electron chi connectivity index (χ0n) is 13.3. The van der Waals surface area contributed by atoms with Crippen LogP contribution in [0, 0.1) is 5.92 Å². The average Bonchev–Trinajstić information content (AvgIpc) is 3.02. The smallest absolute Gasteiger partial charge is 0.332 e. The highest BCUT2D eigenvalue weighted by molar-refractivity contribution is 6.01. The van der Waals surface area contributed by atoms with Crippen molar-refractivity contribution >= 4 is 17.6 Å². The lowest BCUT2D eigenvalue weighted by molar-refractivity contribution is -0.143. The number of hydrogen-bond acceptors (Lipinski definition) is 6. The maximum atomic E-state index is 12.2. The van der Waals surface area contributed by atoms with Gasteiger partial charge in [0.2, 0.25) is 5.78 Å². The summed E-state index contributed by atoms with van der Waals surface area (Å²) in [6, 6.07) is 0. The Labute approximate surface area is 132 Å². The van der Waals surface area contributed by atoms with Crippen molar-refractivity contribution in [1.29, 1.82) is 0 Å². The summed E-state index contributed by atoms with van der Waals surface area (Å²) in [5.41, 5.74) is 3.94. The van der Waals surface area contributed by atoms with Crippen LogP contribution in [0.25, 0.3) is 0 Å². The van der Waals surface area contributed by atoms with Gasteiger partial charge >= 0.3 is 11.7 Å². The molecule has 1 aromatic rings. The maximum absolute atomic E-state index is 12.2. The third kappa shape index (κ3) is 3.52. The van der Waals surface area contributed by atoms with Gasteiger partial charge in [-0.2, -0.15) is 0 Å². The van der Waals surface area contributed by atoms with Crippen molar-refractivity contribution in [2.24, 2.45) is 20.0 Å². The second-order valence-corrected chi connectivity index (χ2v) is 5.90. The number of hydrogen-bond donors (Lipinski definition) is 1. The van der Waals surface area contributed by atoms with E-state index in [-0.39, 0.29) is 17.8 Å². The van der Waals surface area contributed by atoms with Gasteiger partial charge in [-0.3, -0.25) is 23.5 Å². The van der Waals surface area contributed by atoms with Crippen LogP contribution < -0.4 is 17.0 Å². The monoisotopic (exact) mass is 323 g/mol. The number of aromatic nitrogens is 2. The van der Waals surface area contributed by atoms with Crippen LogP contribution in [0.5, 0.6) is 0 Å². The highest BCUT2D eigenvalue weighted by Gasteiger charge is 2.23. The normalized spacial score (nSPS) is 14.9. The number of carbonyl (C=O) groups excluding carboxylic acids is 2. The van der Waals surface area contributed by atoms with Crippen molar-refractivity contribution in [3.8, 4) is 0 Å². The summed E-state index contributed by atoms with van der Waals surface area (Å²) in [6.45, 7) is -0.552. The lowest BCUT2D eigenvalue weighted by Gasteiger charge is -2.11. The first-order valence-electron chi connectivity index (χ1n) is 7.57. The quantitative estimate of drug-likeness (QED) is 0.601. The third-order valence-corrected chi connectivity index (χ3v) is 4.28. The van der Waals surface area contributed by atoms with E-state index in [0.717, 1.165) is 34.8 Å². The Morgan fingerprint density at radius 2 is 1.78 bits per heavy atom. The third-order valence-electron chi connectivity index (χ3n) is 4.28. The number of nitrogens with zero attached hydrogens (tertiary/aromatic N) is 2. The molecule has 0 atom stereocenters. The largest absolute Gasteiger partial charge is 0.457 e. The zero-order valence-corrected chi connectivity index (χ0v) is 13.3. The fourth-order valence-corrected chi connectivity index (χ4v) is 2.85. The molecule has 0 radical (unpaired) electrons. The minimum Gasteiger partial charge on any atom is -0.457 e. The highest BCUT2D eigenvalue weighted by atomic mass is 16.5. The first-order valence-corrected chi connectivity index (χ1v) is 7.57. The number of Topliss-reactive ketones (excluding diaryl/α,β-unsaturated/α-hetero) is 1.